The van der Waals surface area contributed by atoms with Gasteiger partial charge in [0.1, 0.15) is 5.75 Å². The van der Waals surface area contributed by atoms with Crippen LogP contribution in [0.1, 0.15) is 21.8 Å². The number of benzene rings is 2. The van der Waals surface area contributed by atoms with Crippen molar-refractivity contribution >= 4 is 24.2 Å². The van der Waals surface area contributed by atoms with Crippen molar-refractivity contribution in [3.05, 3.63) is 65.7 Å². The lowest BCUT2D eigenvalue weighted by Crippen LogP contribution is -2.35. The minimum Gasteiger partial charge on any atom is -0.484 e. The minimum absolute atomic E-state index is 0. The van der Waals surface area contributed by atoms with Crippen LogP contribution in [0.3, 0.4) is 0 Å². The number of ether oxygens (including phenoxy) is 1. The highest BCUT2D eigenvalue weighted by molar-refractivity contribution is 5.92. The molecule has 0 unspecified atom stereocenters. The van der Waals surface area contributed by atoms with Crippen molar-refractivity contribution in [1.82, 2.24) is 4.90 Å². The average Bonchev–Trinajstić information content (AvgIpc) is 3.02. The number of carbonyl (C=O) groups is 2. The molecule has 26 heavy (non-hydrogen) atoms. The van der Waals surface area contributed by atoms with E-state index in [2.05, 4.69) is 0 Å². The molecule has 138 valence electrons. The Bertz CT molecular complexity index is 752. The summed E-state index contributed by atoms with van der Waals surface area (Å²) in [5, 5.41) is 0. The van der Waals surface area contributed by atoms with Crippen LogP contribution in [0.4, 0.5) is 0 Å². The van der Waals surface area contributed by atoms with Gasteiger partial charge in [0.15, 0.2) is 6.61 Å². The maximum absolute atomic E-state index is 12.4. The van der Waals surface area contributed by atoms with E-state index in [-0.39, 0.29) is 36.9 Å². The number of rotatable bonds is 5. The molecule has 0 aromatic heterocycles. The zero-order valence-electron chi connectivity index (χ0n) is 14.2. The number of halogens is 1. The normalized spacial score (nSPS) is 18.9. The van der Waals surface area contributed by atoms with Crippen LogP contribution < -0.4 is 16.2 Å². The van der Waals surface area contributed by atoms with E-state index in [4.69, 9.17) is 16.2 Å². The number of nitrogens with zero attached hydrogens (tertiary/aromatic N) is 1. The van der Waals surface area contributed by atoms with Crippen LogP contribution in [-0.2, 0) is 4.79 Å². The second-order valence-electron chi connectivity index (χ2n) is 6.16. The van der Waals surface area contributed by atoms with Crippen molar-refractivity contribution in [3.63, 3.8) is 0 Å². The Morgan fingerprint density at radius 1 is 1.04 bits per heavy atom. The summed E-state index contributed by atoms with van der Waals surface area (Å²) in [5.41, 5.74) is 12.9. The first kappa shape index (κ1) is 19.8. The van der Waals surface area contributed by atoms with E-state index in [1.54, 1.807) is 29.2 Å². The average molecular weight is 376 g/mol. The van der Waals surface area contributed by atoms with Gasteiger partial charge in [-0.3, -0.25) is 9.59 Å². The third kappa shape index (κ3) is 4.53. The summed E-state index contributed by atoms with van der Waals surface area (Å²) < 4.78 is 5.51. The molecule has 2 atom stereocenters. The first-order valence-electron chi connectivity index (χ1n) is 8.15. The third-order valence-corrected chi connectivity index (χ3v) is 4.45. The predicted molar refractivity (Wildman–Crippen MR) is 101 cm³/mol. The summed E-state index contributed by atoms with van der Waals surface area (Å²) in [4.78, 5) is 25.2. The standard InChI is InChI=1S/C19H21N3O3.ClH/c20-17-11-22(10-16(17)13-4-2-1-3-5-13)18(23)12-25-15-8-6-14(7-9-15)19(21)24;/h1-9,16-17H,10-12,20H2,(H2,21,24);1H/t16-,17+;/m0./s1. The fourth-order valence-electron chi connectivity index (χ4n) is 3.04. The molecule has 1 aliphatic heterocycles. The Morgan fingerprint density at radius 2 is 1.69 bits per heavy atom. The van der Waals surface area contributed by atoms with Crippen LogP contribution in [0.5, 0.6) is 5.75 Å². The van der Waals surface area contributed by atoms with Crippen LogP contribution in [-0.4, -0.2) is 42.5 Å². The second-order valence-corrected chi connectivity index (χ2v) is 6.16. The summed E-state index contributed by atoms with van der Waals surface area (Å²) in [5.74, 6) is 0.0509. The van der Waals surface area contributed by atoms with Gasteiger partial charge in [-0.1, -0.05) is 30.3 Å². The maximum atomic E-state index is 12.4. The molecular formula is C19H22ClN3O3. The van der Waals surface area contributed by atoms with Crippen LogP contribution >= 0.6 is 12.4 Å². The van der Waals surface area contributed by atoms with Gasteiger partial charge in [0, 0.05) is 30.6 Å². The molecule has 0 radical (unpaired) electrons. The Kier molecular flexibility index (Phi) is 6.60. The lowest BCUT2D eigenvalue weighted by molar-refractivity contribution is -0.132. The van der Waals surface area contributed by atoms with E-state index in [1.807, 2.05) is 30.3 Å². The van der Waals surface area contributed by atoms with Crippen molar-refractivity contribution in [1.29, 1.82) is 0 Å². The predicted octanol–water partition coefficient (Wildman–Crippen LogP) is 1.54. The Hall–Kier alpha value is -2.57. The lowest BCUT2D eigenvalue weighted by Gasteiger charge is -2.17. The lowest BCUT2D eigenvalue weighted by atomic mass is 9.95. The fourth-order valence-corrected chi connectivity index (χ4v) is 3.04. The molecule has 0 saturated carbocycles. The van der Waals surface area contributed by atoms with E-state index in [0.29, 0.717) is 24.4 Å². The highest BCUT2D eigenvalue weighted by atomic mass is 35.5. The van der Waals surface area contributed by atoms with E-state index < -0.39 is 5.91 Å². The van der Waals surface area contributed by atoms with Gasteiger partial charge >= 0.3 is 0 Å². The van der Waals surface area contributed by atoms with Crippen molar-refractivity contribution in [3.8, 4) is 5.75 Å². The number of primary amides is 1. The van der Waals surface area contributed by atoms with E-state index in [1.165, 1.54) is 0 Å². The van der Waals surface area contributed by atoms with Crippen molar-refractivity contribution in [2.75, 3.05) is 19.7 Å². The molecular weight excluding hydrogens is 354 g/mol. The summed E-state index contributed by atoms with van der Waals surface area (Å²) >= 11 is 0. The number of hydrogen-bond donors (Lipinski definition) is 2. The molecule has 1 saturated heterocycles. The van der Waals surface area contributed by atoms with Crippen LogP contribution in [0.2, 0.25) is 0 Å². The summed E-state index contributed by atoms with van der Waals surface area (Å²) in [6.45, 7) is 1.04. The monoisotopic (exact) mass is 375 g/mol. The molecule has 1 aliphatic rings. The van der Waals surface area contributed by atoms with Crippen molar-refractivity contribution in [2.45, 2.75) is 12.0 Å². The molecule has 3 rings (SSSR count). The van der Waals surface area contributed by atoms with Gasteiger partial charge in [-0.2, -0.15) is 0 Å². The Morgan fingerprint density at radius 3 is 2.31 bits per heavy atom. The molecule has 2 amide bonds. The number of hydrogen-bond acceptors (Lipinski definition) is 4. The van der Waals surface area contributed by atoms with Gasteiger partial charge in [0.05, 0.1) is 0 Å². The molecule has 1 heterocycles. The first-order chi connectivity index (χ1) is 12.0. The molecule has 4 N–H and O–H groups in total. The van der Waals surface area contributed by atoms with Crippen molar-refractivity contribution in [2.24, 2.45) is 11.5 Å². The zero-order valence-corrected chi connectivity index (χ0v) is 15.0. The topological polar surface area (TPSA) is 98.7 Å². The SMILES string of the molecule is Cl.NC(=O)c1ccc(OCC(=O)N2C[C@@H](N)[C@H](c3ccccc3)C2)cc1. The fraction of sp³-hybridized carbons (Fsp3) is 0.263. The summed E-state index contributed by atoms with van der Waals surface area (Å²) in [7, 11) is 0. The largest absolute Gasteiger partial charge is 0.484 e. The molecule has 7 heteroatoms. The van der Waals surface area contributed by atoms with Gasteiger partial charge < -0.3 is 21.1 Å². The number of carbonyl (C=O) groups excluding carboxylic acids is 2. The molecule has 6 nitrogen and oxygen atoms in total. The highest BCUT2D eigenvalue weighted by Crippen LogP contribution is 2.26. The molecule has 2 aromatic rings. The minimum atomic E-state index is -0.499. The smallest absolute Gasteiger partial charge is 0.260 e. The Labute approximate surface area is 158 Å². The number of amides is 2. The third-order valence-electron chi connectivity index (χ3n) is 4.45. The zero-order chi connectivity index (χ0) is 17.8. The highest BCUT2D eigenvalue weighted by Gasteiger charge is 2.33. The van der Waals surface area contributed by atoms with Gasteiger partial charge in [-0.15, -0.1) is 12.4 Å². The van der Waals surface area contributed by atoms with E-state index >= 15 is 0 Å². The Balaban J connectivity index is 0.00000243. The van der Waals surface area contributed by atoms with Crippen LogP contribution in [0.15, 0.2) is 54.6 Å². The molecule has 0 bridgehead atoms. The van der Waals surface area contributed by atoms with Crippen LogP contribution in [0.25, 0.3) is 0 Å². The van der Waals surface area contributed by atoms with E-state index in [0.717, 1.165) is 5.56 Å². The van der Waals surface area contributed by atoms with Gasteiger partial charge in [0.2, 0.25) is 5.91 Å². The maximum Gasteiger partial charge on any atom is 0.260 e. The first-order valence-corrected chi connectivity index (χ1v) is 8.15. The number of likely N-dealkylation sites (tertiary alicyclic amines) is 1. The van der Waals surface area contributed by atoms with Gasteiger partial charge in [-0.05, 0) is 29.8 Å². The summed E-state index contributed by atoms with van der Waals surface area (Å²) in [6.07, 6.45) is 0. The number of nitrogens with two attached hydrogens (primary N) is 2. The van der Waals surface area contributed by atoms with Crippen LogP contribution in [0, 0.1) is 0 Å². The molecule has 0 spiro atoms. The van der Waals surface area contributed by atoms with Gasteiger partial charge in [-0.25, -0.2) is 0 Å². The molecule has 0 aliphatic carbocycles. The summed E-state index contributed by atoms with van der Waals surface area (Å²) in [6, 6.07) is 16.3. The molecule has 2 aromatic carbocycles. The quantitative estimate of drug-likeness (QED) is 0.828. The molecule has 1 fully saturated rings. The van der Waals surface area contributed by atoms with Crippen molar-refractivity contribution < 1.29 is 14.3 Å². The van der Waals surface area contributed by atoms with E-state index in [9.17, 15) is 9.59 Å². The van der Waals surface area contributed by atoms with Gasteiger partial charge in [0.25, 0.3) is 5.91 Å². The second kappa shape index (κ2) is 8.69.